The number of hydrogen-bond donors (Lipinski definition) is 2. The molecule has 0 aliphatic carbocycles. The Balaban J connectivity index is 2.15. The van der Waals surface area contributed by atoms with Crippen molar-refractivity contribution in [1.82, 2.24) is 15.2 Å². The van der Waals surface area contributed by atoms with Crippen LogP contribution in [0.1, 0.15) is 16.8 Å². The Labute approximate surface area is 95.7 Å². The van der Waals surface area contributed by atoms with Gasteiger partial charge in [-0.25, -0.2) is 0 Å². The van der Waals surface area contributed by atoms with Crippen molar-refractivity contribution in [2.24, 2.45) is 0 Å². The van der Waals surface area contributed by atoms with E-state index < -0.39 is 0 Å². The molecule has 88 valence electrons. The predicted octanol–water partition coefficient (Wildman–Crippen LogP) is 0.397. The van der Waals surface area contributed by atoms with Crippen molar-refractivity contribution in [1.29, 1.82) is 0 Å². The minimum absolute atomic E-state index is 0.170. The molecule has 4 nitrogen and oxygen atoms in total. The largest absolute Gasteiger partial charge is 0.363 e. The summed E-state index contributed by atoms with van der Waals surface area (Å²) in [5.74, 6) is 0. The second-order valence-corrected chi connectivity index (χ2v) is 4.43. The lowest BCUT2D eigenvalue weighted by Crippen LogP contribution is -2.43. The van der Waals surface area contributed by atoms with Gasteiger partial charge in [-0.2, -0.15) is 0 Å². The third kappa shape index (κ3) is 2.33. The highest BCUT2D eigenvalue weighted by Gasteiger charge is 2.12. The summed E-state index contributed by atoms with van der Waals surface area (Å²) in [6.45, 7) is 8.78. The van der Waals surface area contributed by atoms with Crippen LogP contribution in [0.25, 0.3) is 0 Å². The maximum absolute atomic E-state index is 11.8. The molecule has 2 heterocycles. The van der Waals surface area contributed by atoms with Gasteiger partial charge in [-0.05, 0) is 13.8 Å². The first kappa shape index (κ1) is 11.4. The Morgan fingerprint density at radius 1 is 1.31 bits per heavy atom. The zero-order valence-corrected chi connectivity index (χ0v) is 9.97. The molecule has 2 N–H and O–H groups in total. The highest BCUT2D eigenvalue weighted by Crippen LogP contribution is 2.06. The summed E-state index contributed by atoms with van der Waals surface area (Å²) in [5, 5.41) is 3.32. The van der Waals surface area contributed by atoms with Gasteiger partial charge in [0.15, 0.2) is 5.43 Å². The van der Waals surface area contributed by atoms with Crippen LogP contribution in [-0.4, -0.2) is 36.1 Å². The van der Waals surface area contributed by atoms with Crippen molar-refractivity contribution in [3.8, 4) is 0 Å². The van der Waals surface area contributed by atoms with Gasteiger partial charge >= 0.3 is 0 Å². The third-order valence-electron chi connectivity index (χ3n) is 3.21. The maximum Gasteiger partial charge on any atom is 0.187 e. The number of aryl methyl sites for hydroxylation is 1. The van der Waals surface area contributed by atoms with Gasteiger partial charge in [-0.15, -0.1) is 0 Å². The predicted molar refractivity (Wildman–Crippen MR) is 64.7 cm³/mol. The smallest absolute Gasteiger partial charge is 0.187 e. The normalized spacial score (nSPS) is 17.6. The molecule has 0 amide bonds. The van der Waals surface area contributed by atoms with Crippen LogP contribution in [0, 0.1) is 13.8 Å². The van der Waals surface area contributed by atoms with Crippen molar-refractivity contribution in [3.63, 3.8) is 0 Å². The molecule has 0 aromatic carbocycles. The second-order valence-electron chi connectivity index (χ2n) is 4.43. The van der Waals surface area contributed by atoms with Gasteiger partial charge < -0.3 is 10.3 Å². The molecule has 0 bridgehead atoms. The van der Waals surface area contributed by atoms with Crippen LogP contribution >= 0.6 is 0 Å². The number of aromatic amines is 1. The van der Waals surface area contributed by atoms with Gasteiger partial charge in [-0.3, -0.25) is 9.69 Å². The molecule has 0 spiro atoms. The summed E-state index contributed by atoms with van der Waals surface area (Å²) in [4.78, 5) is 17.4. The number of piperazine rings is 1. The van der Waals surface area contributed by atoms with E-state index in [0.29, 0.717) is 0 Å². The molecule has 0 saturated carbocycles. The number of pyridine rings is 1. The quantitative estimate of drug-likeness (QED) is 0.760. The Morgan fingerprint density at radius 2 is 2.00 bits per heavy atom. The molecule has 0 unspecified atom stereocenters. The van der Waals surface area contributed by atoms with E-state index in [9.17, 15) is 4.79 Å². The molecule has 1 aromatic heterocycles. The van der Waals surface area contributed by atoms with E-state index in [2.05, 4.69) is 15.2 Å². The van der Waals surface area contributed by atoms with Gasteiger partial charge in [0.2, 0.25) is 0 Å². The van der Waals surface area contributed by atoms with Crippen LogP contribution in [-0.2, 0) is 6.54 Å². The second kappa shape index (κ2) is 4.80. The van der Waals surface area contributed by atoms with Crippen LogP contribution in [0.15, 0.2) is 11.0 Å². The Bertz CT molecular complexity index is 419. The Kier molecular flexibility index (Phi) is 3.41. The number of aromatic nitrogens is 1. The lowest BCUT2D eigenvalue weighted by Gasteiger charge is -2.27. The highest BCUT2D eigenvalue weighted by atomic mass is 16.1. The van der Waals surface area contributed by atoms with Crippen LogP contribution < -0.4 is 10.7 Å². The lowest BCUT2D eigenvalue weighted by atomic mass is 10.1. The monoisotopic (exact) mass is 221 g/mol. The SMILES string of the molecule is Cc1c[nH]c(CN2CCNCC2)c(C)c1=O. The lowest BCUT2D eigenvalue weighted by molar-refractivity contribution is 0.230. The molecule has 0 atom stereocenters. The van der Waals surface area contributed by atoms with Crippen molar-refractivity contribution >= 4 is 0 Å². The number of H-pyrrole nitrogens is 1. The van der Waals surface area contributed by atoms with Crippen molar-refractivity contribution in [2.75, 3.05) is 26.2 Å². The minimum atomic E-state index is 0.170. The summed E-state index contributed by atoms with van der Waals surface area (Å²) in [5.41, 5.74) is 2.88. The van der Waals surface area contributed by atoms with Crippen LogP contribution in [0.3, 0.4) is 0 Å². The van der Waals surface area contributed by atoms with Crippen LogP contribution in [0.2, 0.25) is 0 Å². The summed E-state index contributed by atoms with van der Waals surface area (Å²) < 4.78 is 0. The Hall–Kier alpha value is -1.13. The Morgan fingerprint density at radius 3 is 2.69 bits per heavy atom. The molecule has 4 heteroatoms. The minimum Gasteiger partial charge on any atom is -0.363 e. The topological polar surface area (TPSA) is 48.1 Å². The molecule has 0 radical (unpaired) electrons. The maximum atomic E-state index is 11.8. The molecule has 16 heavy (non-hydrogen) atoms. The first-order valence-electron chi connectivity index (χ1n) is 5.79. The van der Waals surface area contributed by atoms with Gasteiger partial charge in [-0.1, -0.05) is 0 Å². The molecule has 1 fully saturated rings. The zero-order chi connectivity index (χ0) is 11.5. The summed E-state index contributed by atoms with van der Waals surface area (Å²) in [6, 6.07) is 0. The first-order chi connectivity index (χ1) is 7.68. The van der Waals surface area contributed by atoms with E-state index in [1.165, 1.54) is 0 Å². The summed E-state index contributed by atoms with van der Waals surface area (Å²) in [7, 11) is 0. The van der Waals surface area contributed by atoms with Crippen LogP contribution in [0.5, 0.6) is 0 Å². The van der Waals surface area contributed by atoms with E-state index in [1.54, 1.807) is 0 Å². The number of nitrogens with zero attached hydrogens (tertiary/aromatic N) is 1. The highest BCUT2D eigenvalue weighted by molar-refractivity contribution is 5.23. The van der Waals surface area contributed by atoms with E-state index in [4.69, 9.17) is 0 Å². The molecular weight excluding hydrogens is 202 g/mol. The number of hydrogen-bond acceptors (Lipinski definition) is 3. The molecule has 2 rings (SSSR count). The summed E-state index contributed by atoms with van der Waals surface area (Å²) in [6.07, 6.45) is 1.81. The van der Waals surface area contributed by atoms with Gasteiger partial charge in [0, 0.05) is 55.7 Å². The average Bonchev–Trinajstić information content (AvgIpc) is 2.31. The van der Waals surface area contributed by atoms with Crippen LogP contribution in [0.4, 0.5) is 0 Å². The van der Waals surface area contributed by atoms with E-state index in [-0.39, 0.29) is 5.43 Å². The average molecular weight is 221 g/mol. The van der Waals surface area contributed by atoms with E-state index >= 15 is 0 Å². The van der Waals surface area contributed by atoms with Gasteiger partial charge in [0.05, 0.1) is 0 Å². The molecule has 1 saturated heterocycles. The van der Waals surface area contributed by atoms with Crippen molar-refractivity contribution in [2.45, 2.75) is 20.4 Å². The standard InChI is InChI=1S/C12H19N3O/c1-9-7-14-11(10(2)12(9)16)8-15-5-3-13-4-6-15/h7,13H,3-6,8H2,1-2H3,(H,14,16). The van der Waals surface area contributed by atoms with E-state index in [0.717, 1.165) is 49.5 Å². The number of rotatable bonds is 2. The number of nitrogens with one attached hydrogen (secondary N) is 2. The van der Waals surface area contributed by atoms with Gasteiger partial charge in [0.25, 0.3) is 0 Å². The molecule has 1 aliphatic rings. The van der Waals surface area contributed by atoms with Crippen molar-refractivity contribution < 1.29 is 0 Å². The molecule has 1 aromatic rings. The first-order valence-corrected chi connectivity index (χ1v) is 5.79. The fourth-order valence-corrected chi connectivity index (χ4v) is 2.06. The third-order valence-corrected chi connectivity index (χ3v) is 3.21. The molecule has 1 aliphatic heterocycles. The summed E-state index contributed by atoms with van der Waals surface area (Å²) >= 11 is 0. The van der Waals surface area contributed by atoms with E-state index in [1.807, 2.05) is 20.0 Å². The fourth-order valence-electron chi connectivity index (χ4n) is 2.06. The van der Waals surface area contributed by atoms with Crippen molar-refractivity contribution in [3.05, 3.63) is 33.2 Å². The fraction of sp³-hybridized carbons (Fsp3) is 0.583. The zero-order valence-electron chi connectivity index (χ0n) is 9.97. The molecular formula is C12H19N3O. The van der Waals surface area contributed by atoms with Gasteiger partial charge in [0.1, 0.15) is 0 Å².